The van der Waals surface area contributed by atoms with Crippen LogP contribution in [0.3, 0.4) is 0 Å². The Hall–Kier alpha value is -1.51. The van der Waals surface area contributed by atoms with E-state index in [9.17, 15) is 4.79 Å². The molecule has 0 unspecified atom stereocenters. The Bertz CT molecular complexity index is 1100. The average molecular weight is 494 g/mol. The highest BCUT2D eigenvalue weighted by molar-refractivity contribution is 6.43. The summed E-state index contributed by atoms with van der Waals surface area (Å²) in [5, 5.41) is 8.37. The van der Waals surface area contributed by atoms with Crippen LogP contribution in [-0.2, 0) is 7.05 Å². The summed E-state index contributed by atoms with van der Waals surface area (Å²) in [4.78, 5) is 20.0. The fourth-order valence-electron chi connectivity index (χ4n) is 3.66. The van der Waals surface area contributed by atoms with Crippen LogP contribution in [0.2, 0.25) is 10.0 Å². The number of benzene rings is 1. The van der Waals surface area contributed by atoms with E-state index in [0.717, 1.165) is 25.9 Å². The Morgan fingerprint density at radius 3 is 2.53 bits per heavy atom. The van der Waals surface area contributed by atoms with E-state index in [1.54, 1.807) is 29.8 Å². The third-order valence-electron chi connectivity index (χ3n) is 5.73. The van der Waals surface area contributed by atoms with Crippen molar-refractivity contribution in [3.63, 3.8) is 0 Å². The Morgan fingerprint density at radius 2 is 1.90 bits per heavy atom. The summed E-state index contributed by atoms with van der Waals surface area (Å²) in [5.74, 6) is 0.629. The summed E-state index contributed by atoms with van der Waals surface area (Å²) in [6.45, 7) is 4.48. The number of nitrogens with two attached hydrogens (primary N) is 1. The number of rotatable bonds is 3. The number of aromatic nitrogens is 4. The second-order valence-corrected chi connectivity index (χ2v) is 8.46. The van der Waals surface area contributed by atoms with Gasteiger partial charge in [-0.3, -0.25) is 14.5 Å². The van der Waals surface area contributed by atoms with Crippen molar-refractivity contribution >= 4 is 65.0 Å². The molecular weight excluding hydrogens is 470 g/mol. The maximum atomic E-state index is 13.2. The van der Waals surface area contributed by atoms with Gasteiger partial charge in [0.2, 0.25) is 5.95 Å². The van der Waals surface area contributed by atoms with Crippen LogP contribution in [0.5, 0.6) is 0 Å². The van der Waals surface area contributed by atoms with Gasteiger partial charge in [0.1, 0.15) is 11.1 Å². The molecule has 0 radical (unpaired) electrons. The SMILES string of the molecule is Cl.Cl.Cn1c(N2CCC(C)(CN)CC2)nc2[nH]nc(-c3cccc(Cl)c3Cl)c2c1=O. The zero-order valence-corrected chi connectivity index (χ0v) is 19.8. The standard InChI is InChI=1S/C19H22Cl2N6O.2ClH/c1-19(10-22)6-8-27(9-7-19)18-23-16-13(17(28)26(18)2)15(24-25-16)11-4-3-5-12(20)14(11)21;;/h3-5H,6-10,22H2,1-2H3,(H,24,25);2*1H. The molecule has 11 heteroatoms. The molecule has 164 valence electrons. The number of nitrogens with zero attached hydrogens (tertiary/aromatic N) is 4. The van der Waals surface area contributed by atoms with Gasteiger partial charge in [-0.05, 0) is 30.9 Å². The van der Waals surface area contributed by atoms with Crippen molar-refractivity contribution in [2.45, 2.75) is 19.8 Å². The fourth-order valence-corrected chi connectivity index (χ4v) is 4.05. The van der Waals surface area contributed by atoms with E-state index < -0.39 is 0 Å². The van der Waals surface area contributed by atoms with Crippen molar-refractivity contribution in [1.82, 2.24) is 19.7 Å². The first kappa shape index (κ1) is 24.8. The number of aromatic amines is 1. The van der Waals surface area contributed by atoms with Crippen molar-refractivity contribution < 1.29 is 0 Å². The summed E-state index contributed by atoms with van der Waals surface area (Å²) in [5.41, 5.74) is 7.37. The van der Waals surface area contributed by atoms with E-state index in [2.05, 4.69) is 22.0 Å². The average Bonchev–Trinajstić information content (AvgIpc) is 3.11. The van der Waals surface area contributed by atoms with E-state index in [0.29, 0.717) is 44.8 Å². The molecule has 3 aromatic rings. The maximum absolute atomic E-state index is 13.2. The Balaban J connectivity index is 0.00000160. The van der Waals surface area contributed by atoms with Crippen LogP contribution in [0.25, 0.3) is 22.3 Å². The number of halogens is 4. The Labute approximate surface area is 196 Å². The molecule has 1 saturated heterocycles. The third-order valence-corrected chi connectivity index (χ3v) is 6.55. The first-order valence-corrected chi connectivity index (χ1v) is 9.95. The van der Waals surface area contributed by atoms with Gasteiger partial charge in [0.25, 0.3) is 5.56 Å². The van der Waals surface area contributed by atoms with Crippen LogP contribution in [0.4, 0.5) is 5.95 Å². The lowest BCUT2D eigenvalue weighted by atomic mass is 9.81. The van der Waals surface area contributed by atoms with E-state index >= 15 is 0 Å². The molecule has 0 atom stereocenters. The minimum Gasteiger partial charge on any atom is -0.342 e. The first-order valence-electron chi connectivity index (χ1n) is 9.19. The van der Waals surface area contributed by atoms with Gasteiger partial charge in [-0.15, -0.1) is 24.8 Å². The highest BCUT2D eigenvalue weighted by Gasteiger charge is 2.30. The van der Waals surface area contributed by atoms with Crippen molar-refractivity contribution in [2.75, 3.05) is 24.5 Å². The van der Waals surface area contributed by atoms with Gasteiger partial charge in [-0.25, -0.2) is 0 Å². The lowest BCUT2D eigenvalue weighted by Crippen LogP contribution is -2.44. The molecule has 3 N–H and O–H groups in total. The zero-order chi connectivity index (χ0) is 20.1. The molecule has 1 aliphatic heterocycles. The van der Waals surface area contributed by atoms with Crippen molar-refractivity contribution in [3.05, 3.63) is 38.6 Å². The summed E-state index contributed by atoms with van der Waals surface area (Å²) in [6.07, 6.45) is 1.92. The predicted molar refractivity (Wildman–Crippen MR) is 128 cm³/mol. The van der Waals surface area contributed by atoms with Crippen molar-refractivity contribution in [1.29, 1.82) is 0 Å². The van der Waals surface area contributed by atoms with Gasteiger partial charge in [-0.1, -0.05) is 42.3 Å². The largest absolute Gasteiger partial charge is 0.342 e. The van der Waals surface area contributed by atoms with Gasteiger partial charge >= 0.3 is 0 Å². The minimum atomic E-state index is -0.174. The molecule has 1 aliphatic rings. The van der Waals surface area contributed by atoms with Crippen LogP contribution in [0.15, 0.2) is 23.0 Å². The van der Waals surface area contributed by atoms with E-state index in [1.165, 1.54) is 0 Å². The maximum Gasteiger partial charge on any atom is 0.266 e. The number of hydrogen-bond donors (Lipinski definition) is 2. The summed E-state index contributed by atoms with van der Waals surface area (Å²) >= 11 is 12.5. The van der Waals surface area contributed by atoms with Crippen LogP contribution < -0.4 is 16.2 Å². The normalized spacial score (nSPS) is 15.6. The minimum absolute atomic E-state index is 0. The van der Waals surface area contributed by atoms with Crippen LogP contribution in [0, 0.1) is 5.41 Å². The molecule has 3 heterocycles. The van der Waals surface area contributed by atoms with Crippen LogP contribution in [0.1, 0.15) is 19.8 Å². The molecule has 30 heavy (non-hydrogen) atoms. The highest BCUT2D eigenvalue weighted by atomic mass is 35.5. The first-order chi connectivity index (χ1) is 13.3. The summed E-state index contributed by atoms with van der Waals surface area (Å²) < 4.78 is 1.57. The van der Waals surface area contributed by atoms with Gasteiger partial charge in [-0.2, -0.15) is 10.1 Å². The molecule has 1 aromatic carbocycles. The van der Waals surface area contributed by atoms with E-state index in [-0.39, 0.29) is 35.8 Å². The Morgan fingerprint density at radius 1 is 1.23 bits per heavy atom. The number of piperidine rings is 1. The smallest absolute Gasteiger partial charge is 0.266 e. The number of fused-ring (bicyclic) bond motifs is 1. The molecule has 0 bridgehead atoms. The van der Waals surface area contributed by atoms with E-state index in [1.807, 2.05) is 0 Å². The number of anilines is 1. The molecule has 1 fully saturated rings. The molecule has 0 aliphatic carbocycles. The summed E-state index contributed by atoms with van der Waals surface area (Å²) in [7, 11) is 1.73. The molecule has 0 spiro atoms. The van der Waals surface area contributed by atoms with Gasteiger partial charge in [0, 0.05) is 25.7 Å². The van der Waals surface area contributed by atoms with Crippen molar-refractivity contribution in [2.24, 2.45) is 18.2 Å². The van der Waals surface area contributed by atoms with Gasteiger partial charge < -0.3 is 10.6 Å². The molecule has 2 aromatic heterocycles. The predicted octanol–water partition coefficient (Wildman–Crippen LogP) is 4.04. The fraction of sp³-hybridized carbons (Fsp3) is 0.421. The second kappa shape index (κ2) is 9.32. The number of nitrogens with one attached hydrogen (secondary N) is 1. The number of H-pyrrole nitrogens is 1. The molecular formula is C19H24Cl4N6O. The lowest BCUT2D eigenvalue weighted by molar-refractivity contribution is 0.256. The molecule has 0 amide bonds. The second-order valence-electron chi connectivity index (χ2n) is 7.68. The highest BCUT2D eigenvalue weighted by Crippen LogP contribution is 2.35. The zero-order valence-electron chi connectivity index (χ0n) is 16.6. The Kier molecular flexibility index (Phi) is 7.69. The molecule has 7 nitrogen and oxygen atoms in total. The molecule has 0 saturated carbocycles. The van der Waals surface area contributed by atoms with E-state index in [4.69, 9.17) is 33.9 Å². The molecule has 4 rings (SSSR count). The third kappa shape index (κ3) is 4.14. The van der Waals surface area contributed by atoms with Gasteiger partial charge in [0.05, 0.1) is 10.0 Å². The van der Waals surface area contributed by atoms with Crippen LogP contribution in [-0.4, -0.2) is 39.4 Å². The lowest BCUT2D eigenvalue weighted by Gasteiger charge is -2.39. The topological polar surface area (TPSA) is 92.8 Å². The monoisotopic (exact) mass is 492 g/mol. The number of hydrogen-bond acceptors (Lipinski definition) is 5. The van der Waals surface area contributed by atoms with Gasteiger partial charge in [0.15, 0.2) is 5.65 Å². The quantitative estimate of drug-likeness (QED) is 0.574. The van der Waals surface area contributed by atoms with Crippen LogP contribution >= 0.6 is 48.0 Å². The summed E-state index contributed by atoms with van der Waals surface area (Å²) in [6, 6.07) is 5.26. The van der Waals surface area contributed by atoms with Crippen molar-refractivity contribution in [3.8, 4) is 11.3 Å².